The quantitative estimate of drug-likeness (QED) is 0.426. The van der Waals surface area contributed by atoms with Crippen LogP contribution in [-0.4, -0.2) is 79.3 Å². The molecule has 10 nitrogen and oxygen atoms in total. The number of anilines is 1. The van der Waals surface area contributed by atoms with E-state index in [0.29, 0.717) is 25.1 Å². The van der Waals surface area contributed by atoms with Gasteiger partial charge in [0.15, 0.2) is 17.0 Å². The van der Waals surface area contributed by atoms with E-state index in [9.17, 15) is 4.79 Å². The zero-order valence-electron chi connectivity index (χ0n) is 21.3. The third-order valence-electron chi connectivity index (χ3n) is 7.25. The fraction of sp³-hybridized carbons (Fsp3) is 0.500. The van der Waals surface area contributed by atoms with Crippen molar-refractivity contribution in [1.82, 2.24) is 34.0 Å². The molecule has 2 aliphatic rings. The summed E-state index contributed by atoms with van der Waals surface area (Å²) < 4.78 is 9.71. The van der Waals surface area contributed by atoms with E-state index in [-0.39, 0.29) is 11.8 Å². The average Bonchev–Trinajstić information content (AvgIpc) is 3.36. The lowest BCUT2D eigenvalue weighted by molar-refractivity contribution is -0.140. The Bertz CT molecular complexity index is 1440. The summed E-state index contributed by atoms with van der Waals surface area (Å²) in [6, 6.07) is 8.06. The molecule has 0 radical (unpaired) electrons. The molecule has 6 rings (SSSR count). The lowest BCUT2D eigenvalue weighted by Crippen LogP contribution is -2.52. The summed E-state index contributed by atoms with van der Waals surface area (Å²) in [6.07, 6.45) is 0.805. The van der Waals surface area contributed by atoms with Crippen molar-refractivity contribution < 1.29 is 9.53 Å². The number of nitrogens with zero attached hydrogens (tertiary/aromatic N) is 8. The van der Waals surface area contributed by atoms with Crippen LogP contribution in [0.1, 0.15) is 25.5 Å². The highest BCUT2D eigenvalue weighted by Gasteiger charge is 2.33. The predicted molar refractivity (Wildman–Crippen MR) is 137 cm³/mol. The zero-order valence-corrected chi connectivity index (χ0v) is 21.3. The topological polar surface area (TPSA) is 94.2 Å². The Morgan fingerprint density at radius 1 is 1.08 bits per heavy atom. The van der Waals surface area contributed by atoms with Crippen LogP contribution < -0.4 is 4.90 Å². The molecule has 0 spiro atoms. The van der Waals surface area contributed by atoms with Crippen molar-refractivity contribution in [1.29, 1.82) is 0 Å². The van der Waals surface area contributed by atoms with Crippen LogP contribution in [0.5, 0.6) is 0 Å². The van der Waals surface area contributed by atoms with E-state index in [1.807, 2.05) is 61.6 Å². The molecule has 2 fully saturated rings. The first-order valence-corrected chi connectivity index (χ1v) is 12.7. The van der Waals surface area contributed by atoms with Gasteiger partial charge in [0.2, 0.25) is 11.9 Å². The van der Waals surface area contributed by atoms with Crippen molar-refractivity contribution in [3.8, 4) is 5.95 Å². The Labute approximate surface area is 209 Å². The molecule has 0 N–H and O–H groups in total. The van der Waals surface area contributed by atoms with Crippen LogP contribution in [0.4, 0.5) is 5.82 Å². The van der Waals surface area contributed by atoms with Crippen molar-refractivity contribution in [2.75, 3.05) is 44.3 Å². The van der Waals surface area contributed by atoms with Gasteiger partial charge in [-0.2, -0.15) is 9.97 Å². The fourth-order valence-electron chi connectivity index (χ4n) is 5.26. The number of likely N-dealkylation sites (tertiary alicyclic amines) is 1. The minimum Gasteiger partial charge on any atom is -0.378 e. The number of rotatable bonds is 5. The van der Waals surface area contributed by atoms with Crippen LogP contribution in [0.15, 0.2) is 24.3 Å². The number of hydrogen-bond acceptors (Lipinski definition) is 7. The van der Waals surface area contributed by atoms with Gasteiger partial charge in [0.25, 0.3) is 0 Å². The van der Waals surface area contributed by atoms with Gasteiger partial charge in [-0.15, -0.1) is 0 Å². The summed E-state index contributed by atoms with van der Waals surface area (Å²) in [7, 11) is 2.03. The Kier molecular flexibility index (Phi) is 5.63. The molecule has 5 heterocycles. The highest BCUT2D eigenvalue weighted by Crippen LogP contribution is 2.30. The lowest BCUT2D eigenvalue weighted by Gasteiger charge is -2.40. The van der Waals surface area contributed by atoms with Gasteiger partial charge in [-0.25, -0.2) is 9.97 Å². The van der Waals surface area contributed by atoms with Crippen LogP contribution in [0, 0.1) is 18.8 Å². The fourth-order valence-corrected chi connectivity index (χ4v) is 5.26. The normalized spacial score (nSPS) is 16.9. The Morgan fingerprint density at radius 2 is 1.83 bits per heavy atom. The number of ether oxygens (including phenoxy) is 1. The van der Waals surface area contributed by atoms with Crippen molar-refractivity contribution >= 4 is 33.9 Å². The number of hydrogen-bond donors (Lipinski definition) is 0. The number of aryl methyl sites for hydroxylation is 2. The first kappa shape index (κ1) is 22.9. The summed E-state index contributed by atoms with van der Waals surface area (Å²) >= 11 is 0. The first-order valence-electron chi connectivity index (χ1n) is 12.7. The average molecular weight is 489 g/mol. The second kappa shape index (κ2) is 8.85. The SMILES string of the molecule is Cc1nc2ccccc2n1-c1nc(N2CCOCC2)c2nc(CC3CN(C(=O)C(C)C)C3)n(C)c2n1. The number of benzene rings is 1. The first-order chi connectivity index (χ1) is 17.4. The number of para-hydroxylation sites is 2. The Morgan fingerprint density at radius 3 is 2.58 bits per heavy atom. The standard InChI is InChI=1S/C26H32N8O2/c1-16(2)25(35)33-14-18(15-33)13-21-28-22-23(31(21)4)29-26(30-24(22)32-9-11-36-12-10-32)34-17(3)27-19-7-5-6-8-20(19)34/h5-8,16,18H,9-15H2,1-4H3. The van der Waals surface area contributed by atoms with E-state index in [1.54, 1.807) is 0 Å². The van der Waals surface area contributed by atoms with Crippen LogP contribution in [0.3, 0.4) is 0 Å². The Hall–Kier alpha value is -3.53. The summed E-state index contributed by atoms with van der Waals surface area (Å²) in [5.74, 6) is 3.92. The van der Waals surface area contributed by atoms with Gasteiger partial charge in [0.05, 0.1) is 24.2 Å². The smallest absolute Gasteiger partial charge is 0.239 e. The molecule has 10 heteroatoms. The minimum absolute atomic E-state index is 0.0363. The highest BCUT2D eigenvalue weighted by atomic mass is 16.5. The molecule has 2 saturated heterocycles. The molecule has 2 aliphatic heterocycles. The summed E-state index contributed by atoms with van der Waals surface area (Å²) in [6.45, 7) is 10.3. The number of morpholine rings is 1. The number of amides is 1. The molecule has 4 aromatic rings. The molecular weight excluding hydrogens is 456 g/mol. The number of fused-ring (bicyclic) bond motifs is 2. The molecule has 0 unspecified atom stereocenters. The number of imidazole rings is 2. The van der Waals surface area contributed by atoms with Crippen molar-refractivity contribution in [3.63, 3.8) is 0 Å². The van der Waals surface area contributed by atoms with Gasteiger partial charge in [0.1, 0.15) is 11.6 Å². The molecule has 188 valence electrons. The number of aromatic nitrogens is 6. The summed E-state index contributed by atoms with van der Waals surface area (Å²) in [5, 5.41) is 0. The molecular formula is C26H32N8O2. The summed E-state index contributed by atoms with van der Waals surface area (Å²) in [4.78, 5) is 36.3. The third kappa shape index (κ3) is 3.80. The zero-order chi connectivity index (χ0) is 25.0. The second-order valence-corrected chi connectivity index (χ2v) is 10.2. The maximum Gasteiger partial charge on any atom is 0.239 e. The van der Waals surface area contributed by atoms with Crippen LogP contribution in [0.25, 0.3) is 28.1 Å². The van der Waals surface area contributed by atoms with Crippen LogP contribution >= 0.6 is 0 Å². The maximum absolute atomic E-state index is 12.3. The van der Waals surface area contributed by atoms with Crippen molar-refractivity contribution in [3.05, 3.63) is 35.9 Å². The van der Waals surface area contributed by atoms with E-state index in [2.05, 4.69) is 9.47 Å². The largest absolute Gasteiger partial charge is 0.378 e. The number of carbonyl (C=O) groups excluding carboxylic acids is 1. The van der Waals surface area contributed by atoms with E-state index >= 15 is 0 Å². The molecule has 0 saturated carbocycles. The highest BCUT2D eigenvalue weighted by molar-refractivity contribution is 5.86. The molecule has 36 heavy (non-hydrogen) atoms. The summed E-state index contributed by atoms with van der Waals surface area (Å²) in [5.41, 5.74) is 3.52. The van der Waals surface area contributed by atoms with Gasteiger partial charge < -0.3 is 19.1 Å². The van der Waals surface area contributed by atoms with Gasteiger partial charge >= 0.3 is 0 Å². The molecule has 1 amide bonds. The molecule has 1 aromatic carbocycles. The molecule has 0 bridgehead atoms. The monoisotopic (exact) mass is 488 g/mol. The molecule has 3 aromatic heterocycles. The van der Waals surface area contributed by atoms with E-state index in [4.69, 9.17) is 24.7 Å². The number of carbonyl (C=O) groups is 1. The van der Waals surface area contributed by atoms with Gasteiger partial charge in [0, 0.05) is 51.5 Å². The van der Waals surface area contributed by atoms with E-state index in [1.165, 1.54) is 0 Å². The van der Waals surface area contributed by atoms with Gasteiger partial charge in [-0.05, 0) is 19.1 Å². The maximum atomic E-state index is 12.3. The van der Waals surface area contributed by atoms with Crippen molar-refractivity contribution in [2.24, 2.45) is 18.9 Å². The minimum atomic E-state index is 0.0363. The Balaban J connectivity index is 1.41. The van der Waals surface area contributed by atoms with E-state index in [0.717, 1.165) is 72.3 Å². The predicted octanol–water partition coefficient (Wildman–Crippen LogP) is 2.50. The molecule has 0 atom stereocenters. The second-order valence-electron chi connectivity index (χ2n) is 10.2. The van der Waals surface area contributed by atoms with Crippen LogP contribution in [-0.2, 0) is 23.0 Å². The lowest BCUT2D eigenvalue weighted by atomic mass is 9.94. The third-order valence-corrected chi connectivity index (χ3v) is 7.25. The molecule has 0 aliphatic carbocycles. The van der Waals surface area contributed by atoms with Crippen molar-refractivity contribution in [2.45, 2.75) is 27.2 Å². The van der Waals surface area contributed by atoms with E-state index < -0.39 is 0 Å². The van der Waals surface area contributed by atoms with Gasteiger partial charge in [-0.1, -0.05) is 26.0 Å². The van der Waals surface area contributed by atoms with Gasteiger partial charge in [-0.3, -0.25) is 9.36 Å². The van der Waals surface area contributed by atoms with Crippen LogP contribution in [0.2, 0.25) is 0 Å².